The number of halogens is 1. The number of carbonyl (C=O) groups excluding carboxylic acids is 1. The smallest absolute Gasteiger partial charge is 0.234 e. The minimum absolute atomic E-state index is 0.000717. The van der Waals surface area contributed by atoms with Gasteiger partial charge in [-0.15, -0.1) is 0 Å². The Bertz CT molecular complexity index is 385. The van der Waals surface area contributed by atoms with Gasteiger partial charge in [-0.05, 0) is 24.6 Å². The van der Waals surface area contributed by atoms with Crippen molar-refractivity contribution in [2.45, 2.75) is 13.0 Å². The van der Waals surface area contributed by atoms with Gasteiger partial charge >= 0.3 is 0 Å². The molecule has 0 spiro atoms. The van der Waals surface area contributed by atoms with Crippen LogP contribution in [0.1, 0.15) is 18.5 Å². The van der Waals surface area contributed by atoms with Crippen molar-refractivity contribution in [3.8, 4) is 0 Å². The van der Waals surface area contributed by atoms with Crippen LogP contribution in [0.2, 0.25) is 0 Å². The van der Waals surface area contributed by atoms with E-state index in [2.05, 4.69) is 26.6 Å². The molecular formula is C13H19BrN2O2. The van der Waals surface area contributed by atoms with Crippen molar-refractivity contribution < 1.29 is 9.53 Å². The molecule has 100 valence electrons. The fourth-order valence-electron chi connectivity index (χ4n) is 1.53. The molecule has 1 aromatic carbocycles. The van der Waals surface area contributed by atoms with Gasteiger partial charge < -0.3 is 15.4 Å². The van der Waals surface area contributed by atoms with E-state index in [-0.39, 0.29) is 11.9 Å². The fraction of sp³-hybridized carbons (Fsp3) is 0.462. The predicted octanol–water partition coefficient (Wildman–Crippen LogP) is 1.86. The summed E-state index contributed by atoms with van der Waals surface area (Å²) in [6.07, 6.45) is 0. The summed E-state index contributed by atoms with van der Waals surface area (Å²) in [5.74, 6) is -0.0152. The molecule has 0 aliphatic heterocycles. The van der Waals surface area contributed by atoms with Crippen LogP contribution in [0.3, 0.4) is 0 Å². The molecule has 18 heavy (non-hydrogen) atoms. The lowest BCUT2D eigenvalue weighted by Gasteiger charge is -2.15. The maximum absolute atomic E-state index is 11.6. The van der Waals surface area contributed by atoms with Crippen LogP contribution < -0.4 is 10.6 Å². The summed E-state index contributed by atoms with van der Waals surface area (Å²) in [5.41, 5.74) is 1.08. The Kier molecular flexibility index (Phi) is 6.93. The van der Waals surface area contributed by atoms with Crippen molar-refractivity contribution in [1.29, 1.82) is 0 Å². The summed E-state index contributed by atoms with van der Waals surface area (Å²) in [6, 6.07) is 7.92. The van der Waals surface area contributed by atoms with Gasteiger partial charge in [0.15, 0.2) is 0 Å². The second-order valence-corrected chi connectivity index (χ2v) is 4.93. The lowest BCUT2D eigenvalue weighted by molar-refractivity contribution is -0.120. The Morgan fingerprint density at radius 3 is 2.94 bits per heavy atom. The minimum Gasteiger partial charge on any atom is -0.383 e. The summed E-state index contributed by atoms with van der Waals surface area (Å²) < 4.78 is 5.90. The molecule has 4 nitrogen and oxygen atoms in total. The molecule has 0 bridgehead atoms. The van der Waals surface area contributed by atoms with Crippen molar-refractivity contribution in [1.82, 2.24) is 10.6 Å². The standard InChI is InChI=1S/C13H19BrN2O2/c1-10(11-4-3-5-12(14)8-11)16-13(17)9-15-6-7-18-2/h3-5,8,10,15H,6-7,9H2,1-2H3,(H,16,17). The minimum atomic E-state index is -0.0152. The van der Waals surface area contributed by atoms with E-state index in [0.717, 1.165) is 10.0 Å². The van der Waals surface area contributed by atoms with Gasteiger partial charge in [0.25, 0.3) is 0 Å². The van der Waals surface area contributed by atoms with Crippen molar-refractivity contribution >= 4 is 21.8 Å². The molecule has 0 aliphatic rings. The number of ether oxygens (including phenoxy) is 1. The second kappa shape index (κ2) is 8.24. The molecule has 1 unspecified atom stereocenters. The first-order valence-electron chi connectivity index (χ1n) is 5.88. The van der Waals surface area contributed by atoms with Gasteiger partial charge in [-0.3, -0.25) is 4.79 Å². The average Bonchev–Trinajstić information content (AvgIpc) is 2.34. The van der Waals surface area contributed by atoms with Crippen LogP contribution in [-0.4, -0.2) is 32.7 Å². The van der Waals surface area contributed by atoms with Crippen LogP contribution in [0, 0.1) is 0 Å². The van der Waals surface area contributed by atoms with E-state index in [1.54, 1.807) is 7.11 Å². The summed E-state index contributed by atoms with van der Waals surface area (Å²) in [6.45, 7) is 3.56. The Hall–Kier alpha value is -0.910. The summed E-state index contributed by atoms with van der Waals surface area (Å²) in [5, 5.41) is 5.95. The molecule has 0 saturated carbocycles. The first-order valence-corrected chi connectivity index (χ1v) is 6.67. The third-order valence-electron chi connectivity index (χ3n) is 2.49. The molecule has 1 amide bonds. The molecule has 1 aromatic rings. The lowest BCUT2D eigenvalue weighted by Crippen LogP contribution is -2.36. The van der Waals surface area contributed by atoms with E-state index in [0.29, 0.717) is 19.7 Å². The molecule has 2 N–H and O–H groups in total. The van der Waals surface area contributed by atoms with Gasteiger partial charge in [0.2, 0.25) is 5.91 Å². The molecule has 0 radical (unpaired) electrons. The normalized spacial score (nSPS) is 12.2. The van der Waals surface area contributed by atoms with E-state index < -0.39 is 0 Å². The third-order valence-corrected chi connectivity index (χ3v) is 2.99. The Balaban J connectivity index is 2.35. The van der Waals surface area contributed by atoms with Crippen LogP contribution in [0.4, 0.5) is 0 Å². The van der Waals surface area contributed by atoms with Crippen LogP contribution in [0.15, 0.2) is 28.7 Å². The number of rotatable bonds is 7. The van der Waals surface area contributed by atoms with E-state index in [1.165, 1.54) is 0 Å². The lowest BCUT2D eigenvalue weighted by atomic mass is 10.1. The van der Waals surface area contributed by atoms with Crippen LogP contribution >= 0.6 is 15.9 Å². The molecule has 0 saturated heterocycles. The highest BCUT2D eigenvalue weighted by Crippen LogP contribution is 2.17. The largest absolute Gasteiger partial charge is 0.383 e. The van der Waals surface area contributed by atoms with Crippen LogP contribution in [0.5, 0.6) is 0 Å². The maximum Gasteiger partial charge on any atom is 0.234 e. The number of amides is 1. The molecule has 1 rings (SSSR count). The maximum atomic E-state index is 11.6. The number of methoxy groups -OCH3 is 1. The Morgan fingerprint density at radius 1 is 1.50 bits per heavy atom. The molecule has 1 atom stereocenters. The Morgan fingerprint density at radius 2 is 2.28 bits per heavy atom. The fourth-order valence-corrected chi connectivity index (χ4v) is 1.94. The van der Waals surface area contributed by atoms with Crippen LogP contribution in [0.25, 0.3) is 0 Å². The number of benzene rings is 1. The van der Waals surface area contributed by atoms with Crippen LogP contribution in [-0.2, 0) is 9.53 Å². The van der Waals surface area contributed by atoms with Gasteiger partial charge in [-0.2, -0.15) is 0 Å². The predicted molar refractivity (Wildman–Crippen MR) is 75.4 cm³/mol. The first kappa shape index (κ1) is 15.1. The Labute approximate surface area is 116 Å². The molecule has 0 aliphatic carbocycles. The first-order chi connectivity index (χ1) is 8.63. The molecule has 5 heteroatoms. The topological polar surface area (TPSA) is 50.4 Å². The van der Waals surface area contributed by atoms with Gasteiger partial charge in [-0.1, -0.05) is 28.1 Å². The number of hydrogen-bond acceptors (Lipinski definition) is 3. The zero-order valence-electron chi connectivity index (χ0n) is 10.7. The zero-order chi connectivity index (χ0) is 13.4. The van der Waals surface area contributed by atoms with Crippen molar-refractivity contribution in [3.63, 3.8) is 0 Å². The van der Waals surface area contributed by atoms with E-state index in [1.807, 2.05) is 31.2 Å². The van der Waals surface area contributed by atoms with Crippen molar-refractivity contribution in [2.24, 2.45) is 0 Å². The quantitative estimate of drug-likeness (QED) is 0.755. The van der Waals surface area contributed by atoms with Gasteiger partial charge in [-0.25, -0.2) is 0 Å². The zero-order valence-corrected chi connectivity index (χ0v) is 12.3. The molecule has 0 aromatic heterocycles. The molecule has 0 fully saturated rings. The number of hydrogen-bond donors (Lipinski definition) is 2. The highest BCUT2D eigenvalue weighted by atomic mass is 79.9. The van der Waals surface area contributed by atoms with E-state index >= 15 is 0 Å². The van der Waals surface area contributed by atoms with Crippen molar-refractivity contribution in [2.75, 3.05) is 26.8 Å². The number of carbonyl (C=O) groups is 1. The SMILES string of the molecule is COCCNCC(=O)NC(C)c1cccc(Br)c1. The second-order valence-electron chi connectivity index (χ2n) is 4.01. The average molecular weight is 315 g/mol. The third kappa shape index (κ3) is 5.62. The molecular weight excluding hydrogens is 296 g/mol. The monoisotopic (exact) mass is 314 g/mol. The van der Waals surface area contributed by atoms with E-state index in [9.17, 15) is 4.79 Å². The van der Waals surface area contributed by atoms with Gasteiger partial charge in [0.05, 0.1) is 19.2 Å². The molecule has 0 heterocycles. The van der Waals surface area contributed by atoms with Gasteiger partial charge in [0, 0.05) is 18.1 Å². The summed E-state index contributed by atoms with van der Waals surface area (Å²) >= 11 is 3.42. The van der Waals surface area contributed by atoms with Gasteiger partial charge in [0.1, 0.15) is 0 Å². The van der Waals surface area contributed by atoms with E-state index in [4.69, 9.17) is 4.74 Å². The number of nitrogens with one attached hydrogen (secondary N) is 2. The highest BCUT2D eigenvalue weighted by Gasteiger charge is 2.09. The highest BCUT2D eigenvalue weighted by molar-refractivity contribution is 9.10. The van der Waals surface area contributed by atoms with Crippen molar-refractivity contribution in [3.05, 3.63) is 34.3 Å². The summed E-state index contributed by atoms with van der Waals surface area (Å²) in [7, 11) is 1.64. The summed E-state index contributed by atoms with van der Waals surface area (Å²) in [4.78, 5) is 11.6.